The second kappa shape index (κ2) is 12.3. The van der Waals surface area contributed by atoms with Crippen LogP contribution in [0.2, 0.25) is 0 Å². The number of carbonyl (C=O) groups is 2. The number of hydrogen-bond donors (Lipinski definition) is 1. The highest BCUT2D eigenvalue weighted by Crippen LogP contribution is 2.18. The van der Waals surface area contributed by atoms with Crippen molar-refractivity contribution in [3.63, 3.8) is 0 Å². The van der Waals surface area contributed by atoms with Crippen LogP contribution in [0.15, 0.2) is 72.8 Å². The van der Waals surface area contributed by atoms with E-state index in [0.29, 0.717) is 13.0 Å². The third-order valence-corrected chi connectivity index (χ3v) is 6.67. The fourth-order valence-electron chi connectivity index (χ4n) is 4.07. The molecule has 3 aromatic rings. The van der Waals surface area contributed by atoms with Crippen LogP contribution in [0.3, 0.4) is 0 Å². The second-order valence-corrected chi connectivity index (χ2v) is 9.63. The van der Waals surface area contributed by atoms with Crippen molar-refractivity contribution in [3.05, 3.63) is 106 Å². The van der Waals surface area contributed by atoms with E-state index < -0.39 is 6.04 Å². The topological polar surface area (TPSA) is 49.4 Å². The van der Waals surface area contributed by atoms with Gasteiger partial charge >= 0.3 is 0 Å². The lowest BCUT2D eigenvalue weighted by atomic mass is 10.00. The molecule has 1 N–H and O–H groups in total. The van der Waals surface area contributed by atoms with Crippen LogP contribution in [0, 0.1) is 20.8 Å². The quantitative estimate of drug-likeness (QED) is 0.413. The molecule has 184 valence electrons. The molecule has 0 aliphatic rings. The van der Waals surface area contributed by atoms with Crippen LogP contribution in [0.25, 0.3) is 0 Å². The molecule has 2 atom stereocenters. The summed E-state index contributed by atoms with van der Waals surface area (Å²) >= 11 is 0. The Morgan fingerprint density at radius 2 is 1.49 bits per heavy atom. The Morgan fingerprint density at radius 1 is 0.829 bits per heavy atom. The Labute approximate surface area is 210 Å². The van der Waals surface area contributed by atoms with Gasteiger partial charge in [0.15, 0.2) is 0 Å². The maximum absolute atomic E-state index is 13.8. The van der Waals surface area contributed by atoms with Gasteiger partial charge < -0.3 is 10.2 Å². The molecule has 0 aromatic heterocycles. The second-order valence-electron chi connectivity index (χ2n) is 9.63. The first-order valence-corrected chi connectivity index (χ1v) is 12.5. The van der Waals surface area contributed by atoms with Crippen molar-refractivity contribution in [3.8, 4) is 0 Å². The summed E-state index contributed by atoms with van der Waals surface area (Å²) in [5.74, 6) is -0.155. The summed E-state index contributed by atoms with van der Waals surface area (Å²) in [6, 6.07) is 23.7. The third kappa shape index (κ3) is 7.54. The number of nitrogens with one attached hydrogen (secondary N) is 1. The zero-order chi connectivity index (χ0) is 25.4. The molecule has 0 fully saturated rings. The van der Waals surface area contributed by atoms with Gasteiger partial charge in [-0.1, -0.05) is 85.3 Å². The number of nitrogens with zero attached hydrogens (tertiary/aromatic N) is 1. The van der Waals surface area contributed by atoms with Gasteiger partial charge in [-0.15, -0.1) is 0 Å². The van der Waals surface area contributed by atoms with Crippen molar-refractivity contribution in [2.24, 2.45) is 0 Å². The Balaban J connectivity index is 1.97. The molecule has 0 unspecified atom stereocenters. The zero-order valence-corrected chi connectivity index (χ0v) is 21.7. The van der Waals surface area contributed by atoms with E-state index in [1.54, 1.807) is 4.90 Å². The Kier molecular flexibility index (Phi) is 9.25. The predicted octanol–water partition coefficient (Wildman–Crippen LogP) is 5.71. The van der Waals surface area contributed by atoms with E-state index >= 15 is 0 Å². The average Bonchev–Trinajstić information content (AvgIpc) is 2.85. The molecule has 4 nitrogen and oxygen atoms in total. The standard InChI is InChI=1S/C31H38N2O2/c1-6-25(5)32-31(35)29(19-26-10-8-7-9-11-26)33(21-27-15-12-22(2)13-16-27)30(34)20-28-17-14-23(3)24(4)18-28/h7-18,25,29H,6,19-21H2,1-5H3,(H,32,35)/t25-,29+/m0/s1. The number of amides is 2. The van der Waals surface area contributed by atoms with Crippen LogP contribution in [0.1, 0.15) is 53.6 Å². The summed E-state index contributed by atoms with van der Waals surface area (Å²) in [5.41, 5.74) is 6.54. The number of hydrogen-bond acceptors (Lipinski definition) is 2. The van der Waals surface area contributed by atoms with E-state index in [-0.39, 0.29) is 24.3 Å². The van der Waals surface area contributed by atoms with Crippen LogP contribution < -0.4 is 5.32 Å². The van der Waals surface area contributed by atoms with Crippen molar-refractivity contribution in [1.82, 2.24) is 10.2 Å². The van der Waals surface area contributed by atoms with E-state index in [0.717, 1.165) is 34.2 Å². The van der Waals surface area contributed by atoms with Gasteiger partial charge in [-0.2, -0.15) is 0 Å². The van der Waals surface area contributed by atoms with Crippen molar-refractivity contribution < 1.29 is 9.59 Å². The minimum Gasteiger partial charge on any atom is -0.352 e. The SMILES string of the molecule is CC[C@H](C)NC(=O)[C@@H](Cc1ccccc1)N(Cc1ccc(C)cc1)C(=O)Cc1ccc(C)c(C)c1. The van der Waals surface area contributed by atoms with Crippen LogP contribution >= 0.6 is 0 Å². The fourth-order valence-corrected chi connectivity index (χ4v) is 4.07. The van der Waals surface area contributed by atoms with Crippen LogP contribution in [0.5, 0.6) is 0 Å². The molecule has 0 bridgehead atoms. The molecular formula is C31H38N2O2. The molecule has 3 aromatic carbocycles. The number of carbonyl (C=O) groups excluding carboxylic acids is 2. The monoisotopic (exact) mass is 470 g/mol. The molecule has 2 amide bonds. The smallest absolute Gasteiger partial charge is 0.243 e. The molecule has 0 aliphatic heterocycles. The fraction of sp³-hybridized carbons (Fsp3) is 0.355. The highest BCUT2D eigenvalue weighted by atomic mass is 16.2. The molecule has 0 saturated carbocycles. The highest BCUT2D eigenvalue weighted by molar-refractivity contribution is 5.89. The van der Waals surface area contributed by atoms with E-state index in [1.165, 1.54) is 5.56 Å². The Morgan fingerprint density at radius 3 is 2.11 bits per heavy atom. The number of rotatable bonds is 10. The summed E-state index contributed by atoms with van der Waals surface area (Å²) in [6.45, 7) is 10.6. The number of benzene rings is 3. The molecule has 35 heavy (non-hydrogen) atoms. The first kappa shape index (κ1) is 26.2. The zero-order valence-electron chi connectivity index (χ0n) is 21.7. The minimum atomic E-state index is -0.605. The van der Waals surface area contributed by atoms with E-state index in [4.69, 9.17) is 0 Å². The van der Waals surface area contributed by atoms with Gasteiger partial charge in [0.2, 0.25) is 11.8 Å². The summed E-state index contributed by atoms with van der Waals surface area (Å²) in [4.78, 5) is 29.1. The third-order valence-electron chi connectivity index (χ3n) is 6.67. The van der Waals surface area contributed by atoms with Crippen LogP contribution in [-0.4, -0.2) is 28.8 Å². The largest absolute Gasteiger partial charge is 0.352 e. The van der Waals surface area contributed by atoms with Crippen molar-refractivity contribution >= 4 is 11.8 Å². The first-order chi connectivity index (χ1) is 16.8. The maximum Gasteiger partial charge on any atom is 0.243 e. The van der Waals surface area contributed by atoms with Crippen molar-refractivity contribution in [2.45, 2.75) is 72.5 Å². The van der Waals surface area contributed by atoms with Gasteiger partial charge in [-0.3, -0.25) is 9.59 Å². The normalized spacial score (nSPS) is 12.6. The molecule has 0 saturated heterocycles. The molecule has 0 radical (unpaired) electrons. The molecule has 3 rings (SSSR count). The molecule has 4 heteroatoms. The molecule has 0 spiro atoms. The average molecular weight is 471 g/mol. The lowest BCUT2D eigenvalue weighted by molar-refractivity contribution is -0.141. The van der Waals surface area contributed by atoms with Gasteiger partial charge in [0.25, 0.3) is 0 Å². The molecule has 0 aliphatic carbocycles. The summed E-state index contributed by atoms with van der Waals surface area (Å²) in [7, 11) is 0. The highest BCUT2D eigenvalue weighted by Gasteiger charge is 2.31. The van der Waals surface area contributed by atoms with Gasteiger partial charge in [0.05, 0.1) is 6.42 Å². The van der Waals surface area contributed by atoms with Gasteiger partial charge in [0.1, 0.15) is 6.04 Å². The maximum atomic E-state index is 13.8. The van der Waals surface area contributed by atoms with Gasteiger partial charge in [0, 0.05) is 19.0 Å². The number of aryl methyl sites for hydroxylation is 3. The van der Waals surface area contributed by atoms with Crippen LogP contribution in [0.4, 0.5) is 0 Å². The Hall–Kier alpha value is -3.40. The molecular weight excluding hydrogens is 432 g/mol. The van der Waals surface area contributed by atoms with Crippen molar-refractivity contribution in [1.29, 1.82) is 0 Å². The lowest BCUT2D eigenvalue weighted by Gasteiger charge is -2.32. The summed E-state index contributed by atoms with van der Waals surface area (Å²) in [6.07, 6.45) is 1.56. The lowest BCUT2D eigenvalue weighted by Crippen LogP contribution is -2.52. The first-order valence-electron chi connectivity index (χ1n) is 12.5. The minimum absolute atomic E-state index is 0.0387. The summed E-state index contributed by atoms with van der Waals surface area (Å²) < 4.78 is 0. The van der Waals surface area contributed by atoms with E-state index in [1.807, 2.05) is 81.4 Å². The predicted molar refractivity (Wildman–Crippen MR) is 143 cm³/mol. The van der Waals surface area contributed by atoms with Gasteiger partial charge in [-0.25, -0.2) is 0 Å². The molecule has 0 heterocycles. The van der Waals surface area contributed by atoms with Crippen LogP contribution in [-0.2, 0) is 29.0 Å². The summed E-state index contributed by atoms with van der Waals surface area (Å²) in [5, 5.41) is 3.13. The van der Waals surface area contributed by atoms with E-state index in [9.17, 15) is 9.59 Å². The van der Waals surface area contributed by atoms with Crippen molar-refractivity contribution in [2.75, 3.05) is 0 Å². The van der Waals surface area contributed by atoms with Gasteiger partial charge in [-0.05, 0) is 61.9 Å². The van der Waals surface area contributed by atoms with E-state index in [2.05, 4.69) is 31.3 Å². The Bertz CT molecular complexity index is 1120.